The number of benzene rings is 1. The molecular weight excluding hydrogens is 252 g/mol. The van der Waals surface area contributed by atoms with Crippen LogP contribution in [0.25, 0.3) is 0 Å². The summed E-state index contributed by atoms with van der Waals surface area (Å²) in [6.45, 7) is 4.87. The number of carbonyl (C=O) groups excluding carboxylic acids is 1. The minimum atomic E-state index is -0.345. The second-order valence-corrected chi connectivity index (χ2v) is 4.90. The lowest BCUT2D eigenvalue weighted by molar-refractivity contribution is 0.0594. The van der Waals surface area contributed by atoms with E-state index in [4.69, 9.17) is 0 Å². The Balaban J connectivity index is 1.93. The molecule has 0 fully saturated rings. The Hall–Kier alpha value is -2.07. The summed E-state index contributed by atoms with van der Waals surface area (Å²) >= 11 is 0. The van der Waals surface area contributed by atoms with Crippen LogP contribution in [0.3, 0.4) is 0 Å². The van der Waals surface area contributed by atoms with E-state index in [0.29, 0.717) is 12.2 Å². The summed E-state index contributed by atoms with van der Waals surface area (Å²) in [7, 11) is 1.38. The highest BCUT2D eigenvalue weighted by atomic mass is 16.5. The molecule has 1 atom stereocenters. The van der Waals surface area contributed by atoms with E-state index in [-0.39, 0.29) is 12.0 Å². The molecule has 1 unspecified atom stereocenters. The number of hydrogen-bond acceptors (Lipinski definition) is 3. The lowest BCUT2D eigenvalue weighted by Gasteiger charge is -2.13. The molecule has 4 heteroatoms. The molecule has 106 valence electrons. The summed E-state index contributed by atoms with van der Waals surface area (Å²) < 4.78 is 4.67. The third-order valence-corrected chi connectivity index (χ3v) is 3.33. The van der Waals surface area contributed by atoms with Crippen molar-refractivity contribution >= 4 is 5.97 Å². The van der Waals surface area contributed by atoms with Crippen LogP contribution in [0.2, 0.25) is 0 Å². The van der Waals surface area contributed by atoms with E-state index in [1.807, 2.05) is 6.07 Å². The van der Waals surface area contributed by atoms with Crippen LogP contribution < -0.4 is 5.32 Å². The Kier molecular flexibility index (Phi) is 4.58. The van der Waals surface area contributed by atoms with Crippen molar-refractivity contribution in [1.82, 2.24) is 10.3 Å². The highest BCUT2D eigenvalue weighted by Crippen LogP contribution is 2.14. The molecule has 2 aromatic rings. The van der Waals surface area contributed by atoms with Gasteiger partial charge in [0.05, 0.1) is 7.11 Å². The van der Waals surface area contributed by atoms with Gasteiger partial charge < -0.3 is 15.0 Å². The maximum atomic E-state index is 11.3. The number of esters is 1. The van der Waals surface area contributed by atoms with Crippen LogP contribution in [0, 0.1) is 6.92 Å². The molecule has 0 aliphatic rings. The summed E-state index contributed by atoms with van der Waals surface area (Å²) in [5.41, 5.74) is 3.94. The van der Waals surface area contributed by atoms with Gasteiger partial charge in [-0.15, -0.1) is 0 Å². The van der Waals surface area contributed by atoms with E-state index in [1.54, 1.807) is 6.07 Å². The van der Waals surface area contributed by atoms with Gasteiger partial charge >= 0.3 is 5.97 Å². The second-order valence-electron chi connectivity index (χ2n) is 4.90. The quantitative estimate of drug-likeness (QED) is 0.823. The van der Waals surface area contributed by atoms with Crippen molar-refractivity contribution in [1.29, 1.82) is 0 Å². The largest absolute Gasteiger partial charge is 0.464 e. The fourth-order valence-electron chi connectivity index (χ4n) is 2.01. The Morgan fingerprint density at radius 1 is 1.25 bits per heavy atom. The highest BCUT2D eigenvalue weighted by Gasteiger charge is 2.09. The van der Waals surface area contributed by atoms with Gasteiger partial charge in [0.2, 0.25) is 0 Å². The molecule has 2 N–H and O–H groups in total. The number of carbonyl (C=O) groups is 1. The van der Waals surface area contributed by atoms with Gasteiger partial charge in [0, 0.05) is 18.3 Å². The van der Waals surface area contributed by atoms with Crippen LogP contribution >= 0.6 is 0 Å². The van der Waals surface area contributed by atoms with E-state index in [0.717, 1.165) is 5.69 Å². The molecule has 0 amide bonds. The van der Waals surface area contributed by atoms with Gasteiger partial charge in [0.25, 0.3) is 0 Å². The Morgan fingerprint density at radius 2 is 1.95 bits per heavy atom. The monoisotopic (exact) mass is 272 g/mol. The van der Waals surface area contributed by atoms with Gasteiger partial charge in [0.1, 0.15) is 5.69 Å². The number of aryl methyl sites for hydroxylation is 1. The van der Waals surface area contributed by atoms with E-state index >= 15 is 0 Å². The van der Waals surface area contributed by atoms with Crippen LogP contribution in [-0.2, 0) is 11.3 Å². The molecule has 1 heterocycles. The second kappa shape index (κ2) is 6.39. The minimum Gasteiger partial charge on any atom is -0.464 e. The number of methoxy groups -OCH3 is 1. The standard InChI is InChI=1S/C16H20N2O2/c1-11-4-6-13(7-5-11)12(2)17-10-14-8-9-15(18-14)16(19)20-3/h4-9,12,17-18H,10H2,1-3H3. The first-order valence-electron chi connectivity index (χ1n) is 6.66. The summed E-state index contributed by atoms with van der Waals surface area (Å²) in [5, 5.41) is 3.42. The van der Waals surface area contributed by atoms with Crippen LogP contribution in [0.15, 0.2) is 36.4 Å². The fraction of sp³-hybridized carbons (Fsp3) is 0.312. The third-order valence-electron chi connectivity index (χ3n) is 3.33. The molecular formula is C16H20N2O2. The van der Waals surface area contributed by atoms with E-state index in [2.05, 4.69) is 53.2 Å². The Labute approximate surface area is 119 Å². The van der Waals surface area contributed by atoms with Crippen molar-refractivity contribution in [3.8, 4) is 0 Å². The van der Waals surface area contributed by atoms with Crippen molar-refractivity contribution in [3.63, 3.8) is 0 Å². The molecule has 0 saturated carbocycles. The van der Waals surface area contributed by atoms with E-state index in [9.17, 15) is 4.79 Å². The summed E-state index contributed by atoms with van der Waals surface area (Å²) in [4.78, 5) is 14.4. The number of aromatic amines is 1. The molecule has 0 radical (unpaired) electrons. The number of H-pyrrole nitrogens is 1. The molecule has 0 aliphatic heterocycles. The molecule has 0 spiro atoms. The van der Waals surface area contributed by atoms with Gasteiger partial charge in [0.15, 0.2) is 0 Å². The van der Waals surface area contributed by atoms with Crippen molar-refractivity contribution in [3.05, 3.63) is 58.9 Å². The zero-order valence-corrected chi connectivity index (χ0v) is 12.1. The third kappa shape index (κ3) is 3.48. The summed E-state index contributed by atoms with van der Waals surface area (Å²) in [6, 6.07) is 12.3. The number of rotatable bonds is 5. The molecule has 1 aromatic carbocycles. The predicted molar refractivity (Wildman–Crippen MR) is 78.6 cm³/mol. The normalized spacial score (nSPS) is 12.2. The van der Waals surface area contributed by atoms with Crippen molar-refractivity contribution in [2.45, 2.75) is 26.4 Å². The van der Waals surface area contributed by atoms with Crippen LogP contribution in [0.5, 0.6) is 0 Å². The first-order chi connectivity index (χ1) is 9.60. The molecule has 0 aliphatic carbocycles. The van der Waals surface area contributed by atoms with Crippen LogP contribution in [0.1, 0.15) is 40.3 Å². The lowest BCUT2D eigenvalue weighted by atomic mass is 10.1. The maximum absolute atomic E-state index is 11.3. The molecule has 4 nitrogen and oxygen atoms in total. The average Bonchev–Trinajstić information content (AvgIpc) is 2.93. The number of aromatic nitrogens is 1. The fourth-order valence-corrected chi connectivity index (χ4v) is 2.01. The molecule has 0 bridgehead atoms. The van der Waals surface area contributed by atoms with Crippen LogP contribution in [0.4, 0.5) is 0 Å². The number of hydrogen-bond donors (Lipinski definition) is 2. The Morgan fingerprint density at radius 3 is 2.60 bits per heavy atom. The summed E-state index contributed by atoms with van der Waals surface area (Å²) in [5.74, 6) is -0.345. The minimum absolute atomic E-state index is 0.250. The van der Waals surface area contributed by atoms with Gasteiger partial charge in [-0.25, -0.2) is 4.79 Å². The lowest BCUT2D eigenvalue weighted by Crippen LogP contribution is -2.18. The van der Waals surface area contributed by atoms with E-state index in [1.165, 1.54) is 18.2 Å². The average molecular weight is 272 g/mol. The molecule has 1 aromatic heterocycles. The van der Waals surface area contributed by atoms with Crippen LogP contribution in [-0.4, -0.2) is 18.1 Å². The summed E-state index contributed by atoms with van der Waals surface area (Å²) in [6.07, 6.45) is 0. The topological polar surface area (TPSA) is 54.1 Å². The van der Waals surface area contributed by atoms with Gasteiger partial charge in [-0.05, 0) is 31.5 Å². The zero-order chi connectivity index (χ0) is 14.5. The van der Waals surface area contributed by atoms with Crippen molar-refractivity contribution < 1.29 is 9.53 Å². The smallest absolute Gasteiger partial charge is 0.354 e. The molecule has 2 rings (SSSR count). The molecule has 0 saturated heterocycles. The van der Waals surface area contributed by atoms with Gasteiger partial charge in [-0.1, -0.05) is 29.8 Å². The van der Waals surface area contributed by atoms with Gasteiger partial charge in [-0.2, -0.15) is 0 Å². The molecule has 20 heavy (non-hydrogen) atoms. The first-order valence-corrected chi connectivity index (χ1v) is 6.66. The van der Waals surface area contributed by atoms with Crippen molar-refractivity contribution in [2.75, 3.05) is 7.11 Å². The van der Waals surface area contributed by atoms with Crippen molar-refractivity contribution in [2.24, 2.45) is 0 Å². The Bertz CT molecular complexity index is 572. The number of nitrogens with one attached hydrogen (secondary N) is 2. The SMILES string of the molecule is COC(=O)c1ccc(CNC(C)c2ccc(C)cc2)[nH]1. The zero-order valence-electron chi connectivity index (χ0n) is 12.1. The highest BCUT2D eigenvalue weighted by molar-refractivity contribution is 5.87. The first kappa shape index (κ1) is 14.3. The number of ether oxygens (including phenoxy) is 1. The predicted octanol–water partition coefficient (Wildman–Crippen LogP) is 2.96. The maximum Gasteiger partial charge on any atom is 0.354 e. The van der Waals surface area contributed by atoms with E-state index < -0.39 is 0 Å². The van der Waals surface area contributed by atoms with Gasteiger partial charge in [-0.3, -0.25) is 0 Å².